The fourth-order valence-corrected chi connectivity index (χ4v) is 2.31. The van der Waals surface area contributed by atoms with E-state index in [4.69, 9.17) is 10.5 Å². The molecule has 6 nitrogen and oxygen atoms in total. The average Bonchev–Trinajstić information content (AvgIpc) is 2.64. The molecule has 0 fully saturated rings. The van der Waals surface area contributed by atoms with Gasteiger partial charge in [-0.05, 0) is 43.2 Å². The summed E-state index contributed by atoms with van der Waals surface area (Å²) < 4.78 is 0. The largest absolute Gasteiger partial charge is 0.343 e. The molecule has 0 saturated heterocycles. The molecule has 1 amide bonds. The fraction of sp³-hybridized carbons (Fsp3) is 0.100. The number of anilines is 2. The van der Waals surface area contributed by atoms with Crippen LogP contribution in [0.3, 0.4) is 0 Å². The monoisotopic (exact) mass is 341 g/mol. The van der Waals surface area contributed by atoms with Crippen LogP contribution in [0.2, 0.25) is 0 Å². The first-order valence-electron chi connectivity index (χ1n) is 7.69. The van der Waals surface area contributed by atoms with Crippen LogP contribution in [-0.4, -0.2) is 5.91 Å². The standard InChI is InChI=1S/C20H15N5O/c1-13-7-8-17(25-20(26)16-6-4-3-5-14(16)2)18(9-13)24-19(12-23)15(10-21)11-22/h3-9,24H,1-2H3,(H,25,26). The second-order valence-corrected chi connectivity index (χ2v) is 5.53. The quantitative estimate of drug-likeness (QED) is 0.821. The van der Waals surface area contributed by atoms with Crippen molar-refractivity contribution in [2.45, 2.75) is 13.8 Å². The molecule has 2 aromatic carbocycles. The molecule has 0 unspecified atom stereocenters. The molecule has 0 atom stereocenters. The van der Waals surface area contributed by atoms with E-state index >= 15 is 0 Å². The molecular weight excluding hydrogens is 326 g/mol. The number of carbonyl (C=O) groups excluding carboxylic acids is 1. The van der Waals surface area contributed by atoms with Crippen LogP contribution in [0.15, 0.2) is 53.7 Å². The summed E-state index contributed by atoms with van der Waals surface area (Å²) in [5, 5.41) is 32.7. The number of amides is 1. The summed E-state index contributed by atoms with van der Waals surface area (Å²) in [6.07, 6.45) is 0. The smallest absolute Gasteiger partial charge is 0.255 e. The van der Waals surface area contributed by atoms with Crippen molar-refractivity contribution in [1.29, 1.82) is 15.8 Å². The Kier molecular flexibility index (Phi) is 5.72. The number of allylic oxidation sites excluding steroid dienone is 2. The van der Waals surface area contributed by atoms with Gasteiger partial charge in [0, 0.05) is 5.56 Å². The number of rotatable bonds is 4. The third-order valence-corrected chi connectivity index (χ3v) is 3.66. The van der Waals surface area contributed by atoms with Crippen molar-refractivity contribution in [3.63, 3.8) is 0 Å². The van der Waals surface area contributed by atoms with Gasteiger partial charge in [-0.25, -0.2) is 0 Å². The van der Waals surface area contributed by atoms with E-state index in [1.165, 1.54) is 0 Å². The minimum Gasteiger partial charge on any atom is -0.343 e. The highest BCUT2D eigenvalue weighted by molar-refractivity contribution is 6.06. The van der Waals surface area contributed by atoms with E-state index in [1.54, 1.807) is 42.5 Å². The van der Waals surface area contributed by atoms with E-state index in [-0.39, 0.29) is 17.2 Å². The Hall–Kier alpha value is -4.08. The van der Waals surface area contributed by atoms with Crippen molar-refractivity contribution >= 4 is 17.3 Å². The molecule has 0 spiro atoms. The van der Waals surface area contributed by atoms with Gasteiger partial charge in [-0.2, -0.15) is 15.8 Å². The molecular formula is C20H15N5O. The third-order valence-electron chi connectivity index (χ3n) is 3.66. The first-order valence-corrected chi connectivity index (χ1v) is 7.69. The van der Waals surface area contributed by atoms with Crippen LogP contribution >= 0.6 is 0 Å². The Morgan fingerprint density at radius 2 is 1.58 bits per heavy atom. The Morgan fingerprint density at radius 3 is 2.19 bits per heavy atom. The number of hydrogen-bond donors (Lipinski definition) is 2. The summed E-state index contributed by atoms with van der Waals surface area (Å²) in [4.78, 5) is 12.6. The van der Waals surface area contributed by atoms with Gasteiger partial charge in [0.15, 0.2) is 5.57 Å². The highest BCUT2D eigenvalue weighted by atomic mass is 16.1. The van der Waals surface area contributed by atoms with Crippen molar-refractivity contribution in [3.8, 4) is 18.2 Å². The average molecular weight is 341 g/mol. The predicted molar refractivity (Wildman–Crippen MR) is 97.8 cm³/mol. The van der Waals surface area contributed by atoms with E-state index in [9.17, 15) is 10.1 Å². The van der Waals surface area contributed by atoms with Gasteiger partial charge in [-0.1, -0.05) is 24.3 Å². The number of carbonyl (C=O) groups is 1. The zero-order valence-corrected chi connectivity index (χ0v) is 14.3. The molecule has 0 aliphatic carbocycles. The molecule has 126 valence electrons. The topological polar surface area (TPSA) is 112 Å². The molecule has 2 N–H and O–H groups in total. The Bertz CT molecular complexity index is 1000. The summed E-state index contributed by atoms with van der Waals surface area (Å²) in [6.45, 7) is 3.69. The van der Waals surface area contributed by atoms with Gasteiger partial charge < -0.3 is 10.6 Å². The van der Waals surface area contributed by atoms with Crippen LogP contribution in [0.1, 0.15) is 21.5 Å². The van der Waals surface area contributed by atoms with Gasteiger partial charge in [0.2, 0.25) is 0 Å². The van der Waals surface area contributed by atoms with E-state index in [1.807, 2.05) is 32.0 Å². The summed E-state index contributed by atoms with van der Waals surface area (Å²) in [6, 6.07) is 17.6. The van der Waals surface area contributed by atoms with Crippen LogP contribution in [0.4, 0.5) is 11.4 Å². The van der Waals surface area contributed by atoms with Crippen LogP contribution < -0.4 is 10.6 Å². The van der Waals surface area contributed by atoms with Crippen molar-refractivity contribution in [2.24, 2.45) is 0 Å². The highest BCUT2D eigenvalue weighted by Gasteiger charge is 2.13. The Labute approximate surface area is 151 Å². The zero-order valence-electron chi connectivity index (χ0n) is 14.3. The predicted octanol–water partition coefficient (Wildman–Crippen LogP) is 3.79. The SMILES string of the molecule is Cc1ccc(NC(=O)c2ccccc2C)c(NC(C#N)=C(C#N)C#N)c1. The third kappa shape index (κ3) is 4.06. The molecule has 2 rings (SSSR count). The minimum atomic E-state index is -0.329. The number of nitrogens with one attached hydrogen (secondary N) is 2. The van der Waals surface area contributed by atoms with Crippen LogP contribution in [0, 0.1) is 47.8 Å². The number of hydrogen-bond acceptors (Lipinski definition) is 5. The van der Waals surface area contributed by atoms with Crippen molar-refractivity contribution in [2.75, 3.05) is 10.6 Å². The molecule has 2 aromatic rings. The van der Waals surface area contributed by atoms with Gasteiger partial charge in [0.1, 0.15) is 23.9 Å². The lowest BCUT2D eigenvalue weighted by atomic mass is 10.1. The number of aryl methyl sites for hydroxylation is 2. The van der Waals surface area contributed by atoms with E-state index in [0.717, 1.165) is 11.1 Å². The first kappa shape index (κ1) is 18.3. The molecule has 0 bridgehead atoms. The minimum absolute atomic E-state index is 0.174. The fourth-order valence-electron chi connectivity index (χ4n) is 2.31. The zero-order chi connectivity index (χ0) is 19.1. The molecule has 0 heterocycles. The van der Waals surface area contributed by atoms with Crippen molar-refractivity contribution in [3.05, 3.63) is 70.4 Å². The second kappa shape index (κ2) is 8.15. The molecule has 6 heteroatoms. The van der Waals surface area contributed by atoms with Gasteiger partial charge in [-0.15, -0.1) is 0 Å². The number of benzene rings is 2. The first-order chi connectivity index (χ1) is 12.5. The summed E-state index contributed by atoms with van der Waals surface area (Å²) in [7, 11) is 0. The maximum absolute atomic E-state index is 12.6. The maximum Gasteiger partial charge on any atom is 0.255 e. The Balaban J connectivity index is 2.40. The van der Waals surface area contributed by atoms with E-state index in [2.05, 4.69) is 10.6 Å². The normalized spacial score (nSPS) is 9.19. The van der Waals surface area contributed by atoms with Gasteiger partial charge in [0.05, 0.1) is 11.4 Å². The number of nitriles is 3. The lowest BCUT2D eigenvalue weighted by molar-refractivity contribution is 0.102. The van der Waals surface area contributed by atoms with Crippen LogP contribution in [-0.2, 0) is 0 Å². The molecule has 0 radical (unpaired) electrons. The van der Waals surface area contributed by atoms with Gasteiger partial charge in [0.25, 0.3) is 5.91 Å². The van der Waals surface area contributed by atoms with E-state index < -0.39 is 0 Å². The van der Waals surface area contributed by atoms with E-state index in [0.29, 0.717) is 16.9 Å². The molecule has 26 heavy (non-hydrogen) atoms. The van der Waals surface area contributed by atoms with Gasteiger partial charge in [-0.3, -0.25) is 4.79 Å². The van der Waals surface area contributed by atoms with Crippen molar-refractivity contribution in [1.82, 2.24) is 0 Å². The lowest BCUT2D eigenvalue weighted by Crippen LogP contribution is -2.15. The van der Waals surface area contributed by atoms with Crippen molar-refractivity contribution < 1.29 is 4.79 Å². The second-order valence-electron chi connectivity index (χ2n) is 5.53. The van der Waals surface area contributed by atoms with Crippen LogP contribution in [0.5, 0.6) is 0 Å². The molecule has 0 saturated carbocycles. The summed E-state index contributed by atoms with van der Waals surface area (Å²) >= 11 is 0. The highest BCUT2D eigenvalue weighted by Crippen LogP contribution is 2.26. The lowest BCUT2D eigenvalue weighted by Gasteiger charge is -2.14. The number of nitrogens with zero attached hydrogens (tertiary/aromatic N) is 3. The van der Waals surface area contributed by atoms with Gasteiger partial charge >= 0.3 is 0 Å². The molecule has 0 aliphatic rings. The maximum atomic E-state index is 12.6. The summed E-state index contributed by atoms with van der Waals surface area (Å²) in [5.41, 5.74) is 2.61. The Morgan fingerprint density at radius 1 is 0.885 bits per heavy atom. The molecule has 0 aliphatic heterocycles. The van der Waals surface area contributed by atoms with Crippen LogP contribution in [0.25, 0.3) is 0 Å². The summed E-state index contributed by atoms with van der Waals surface area (Å²) in [5.74, 6) is -0.293. The molecule has 0 aromatic heterocycles.